The SMILES string of the molecule is CC(C)[CH2][Mg][C](=O)C(C)C. The van der Waals surface area contributed by atoms with Crippen LogP contribution < -0.4 is 0 Å². The van der Waals surface area contributed by atoms with Crippen LogP contribution in [0, 0.1) is 11.8 Å². The van der Waals surface area contributed by atoms with E-state index in [2.05, 4.69) is 13.8 Å². The van der Waals surface area contributed by atoms with Gasteiger partial charge in [0.2, 0.25) is 0 Å². The predicted octanol–water partition coefficient (Wildman–Crippen LogP) is 1.95. The van der Waals surface area contributed by atoms with Crippen LogP contribution in [-0.4, -0.2) is 24.3 Å². The maximum Gasteiger partial charge on any atom is 0.468 e. The molecule has 2 heteroatoms. The topological polar surface area (TPSA) is 17.1 Å². The van der Waals surface area contributed by atoms with Gasteiger partial charge in [0.05, 0.1) is 0 Å². The largest absolute Gasteiger partial charge is 0.468 e. The molecule has 0 bridgehead atoms. The summed E-state index contributed by atoms with van der Waals surface area (Å²) in [4.78, 5) is 11.1. The van der Waals surface area contributed by atoms with Gasteiger partial charge in [-0.25, -0.2) is 0 Å². The van der Waals surface area contributed by atoms with Crippen LogP contribution in [0.3, 0.4) is 0 Å². The number of carbonyl (C=O) groups is 1. The van der Waals surface area contributed by atoms with E-state index in [1.807, 2.05) is 13.8 Å². The first-order chi connectivity index (χ1) is 4.54. The molecule has 0 radical (unpaired) electrons. The number of rotatable bonds is 4. The first-order valence-electron chi connectivity index (χ1n) is 4.06. The van der Waals surface area contributed by atoms with Crippen molar-refractivity contribution in [2.45, 2.75) is 32.2 Å². The summed E-state index contributed by atoms with van der Waals surface area (Å²) in [6.07, 6.45) is 0. The van der Waals surface area contributed by atoms with E-state index >= 15 is 0 Å². The lowest BCUT2D eigenvalue weighted by molar-refractivity contribution is -0.114. The summed E-state index contributed by atoms with van der Waals surface area (Å²) < 4.78 is 1.71. The zero-order chi connectivity index (χ0) is 8.15. The molecule has 0 atom stereocenters. The average molecular weight is 153 g/mol. The van der Waals surface area contributed by atoms with E-state index in [0.29, 0.717) is 3.91 Å². The lowest BCUT2D eigenvalue weighted by Crippen LogP contribution is -2.16. The van der Waals surface area contributed by atoms with Gasteiger partial charge in [0.15, 0.2) is 0 Å². The highest BCUT2D eigenvalue weighted by Gasteiger charge is 2.11. The molecule has 0 aromatic heterocycles. The maximum absolute atomic E-state index is 11.1. The van der Waals surface area contributed by atoms with Crippen LogP contribution in [0.4, 0.5) is 0 Å². The third-order valence-electron chi connectivity index (χ3n) is 1.61. The van der Waals surface area contributed by atoms with E-state index in [1.54, 1.807) is 0 Å². The summed E-state index contributed by atoms with van der Waals surface area (Å²) in [6.45, 7) is 8.35. The molecule has 0 fully saturated rings. The molecule has 0 aromatic rings. The van der Waals surface area contributed by atoms with Crippen LogP contribution in [0.2, 0.25) is 4.55 Å². The minimum Gasteiger partial charge on any atom is -0.336 e. The molecule has 56 valence electrons. The minimum absolute atomic E-state index is 0.283. The van der Waals surface area contributed by atoms with Crippen molar-refractivity contribution in [2.75, 3.05) is 0 Å². The van der Waals surface area contributed by atoms with Gasteiger partial charge in [-0.05, 0) is 9.83 Å². The molecule has 0 aliphatic rings. The molecule has 0 saturated carbocycles. The minimum atomic E-state index is -0.398. The Labute approximate surface area is 73.3 Å². The Hall–Kier alpha value is 0.436. The van der Waals surface area contributed by atoms with Gasteiger partial charge in [0.25, 0.3) is 0 Å². The molecule has 10 heavy (non-hydrogen) atoms. The van der Waals surface area contributed by atoms with Gasteiger partial charge in [0, 0.05) is 0 Å². The Morgan fingerprint density at radius 3 is 2.10 bits per heavy atom. The smallest absolute Gasteiger partial charge is 0.336 e. The Kier molecular flexibility index (Phi) is 5.36. The fraction of sp³-hybridized carbons (Fsp3) is 0.875. The molecular weight excluding hydrogens is 136 g/mol. The molecule has 1 nitrogen and oxygen atoms in total. The normalized spacial score (nSPS) is 10.2. The summed E-state index contributed by atoms with van der Waals surface area (Å²) in [6, 6.07) is 0. The van der Waals surface area contributed by atoms with Gasteiger partial charge in [-0.3, -0.25) is 0 Å². The van der Waals surface area contributed by atoms with Crippen molar-refractivity contribution in [3.63, 3.8) is 0 Å². The number of carbonyl (C=O) groups excluding carboxylic acids is 1. The second kappa shape index (κ2) is 5.13. The van der Waals surface area contributed by atoms with E-state index in [0.717, 1.165) is 5.92 Å². The first-order valence-corrected chi connectivity index (χ1v) is 5.77. The first kappa shape index (κ1) is 10.4. The second-order valence-electron chi connectivity index (χ2n) is 3.55. The third kappa shape index (κ3) is 5.24. The summed E-state index contributed by atoms with van der Waals surface area (Å²) in [5.41, 5.74) is 0. The molecule has 0 heterocycles. The van der Waals surface area contributed by atoms with Crippen molar-refractivity contribution in [2.24, 2.45) is 11.8 Å². The summed E-state index contributed by atoms with van der Waals surface area (Å²) in [5, 5.41) is 0. The van der Waals surface area contributed by atoms with E-state index in [9.17, 15) is 4.79 Å². The zero-order valence-corrected chi connectivity index (χ0v) is 8.89. The summed E-state index contributed by atoms with van der Waals surface area (Å²) in [7, 11) is 0. The van der Waals surface area contributed by atoms with Crippen LogP contribution >= 0.6 is 0 Å². The Morgan fingerprint density at radius 2 is 1.80 bits per heavy atom. The van der Waals surface area contributed by atoms with Crippen molar-refractivity contribution in [3.05, 3.63) is 0 Å². The molecule has 0 amide bonds. The molecule has 0 aromatic carbocycles. The molecule has 0 rings (SSSR count). The fourth-order valence-electron chi connectivity index (χ4n) is 0.720. The molecule has 0 N–H and O–H groups in total. The zero-order valence-electron chi connectivity index (χ0n) is 7.48. The van der Waals surface area contributed by atoms with Gasteiger partial charge in [-0.15, -0.1) is 4.55 Å². The van der Waals surface area contributed by atoms with E-state index in [4.69, 9.17) is 0 Å². The van der Waals surface area contributed by atoms with Crippen LogP contribution in [0.25, 0.3) is 0 Å². The van der Waals surface area contributed by atoms with Crippen molar-refractivity contribution in [1.82, 2.24) is 0 Å². The van der Waals surface area contributed by atoms with Gasteiger partial charge in [-0.2, -0.15) is 0 Å². The molecule has 0 aliphatic carbocycles. The van der Waals surface area contributed by atoms with Gasteiger partial charge >= 0.3 is 20.4 Å². The maximum atomic E-state index is 11.1. The highest BCUT2D eigenvalue weighted by atomic mass is 24.5. The number of hydrogen-bond donors (Lipinski definition) is 0. The molecular formula is C8H16MgO. The summed E-state index contributed by atoms with van der Waals surface area (Å²) in [5.74, 6) is 1.000. The van der Waals surface area contributed by atoms with Crippen molar-refractivity contribution >= 4 is 24.3 Å². The van der Waals surface area contributed by atoms with Crippen molar-refractivity contribution in [3.8, 4) is 0 Å². The molecule has 0 saturated heterocycles. The van der Waals surface area contributed by atoms with E-state index in [-0.39, 0.29) is 5.92 Å². The van der Waals surface area contributed by atoms with Crippen LogP contribution in [0.5, 0.6) is 0 Å². The van der Waals surface area contributed by atoms with Gasteiger partial charge < -0.3 is 4.79 Å². The highest BCUT2D eigenvalue weighted by molar-refractivity contribution is 6.74. The van der Waals surface area contributed by atoms with Gasteiger partial charge in [-0.1, -0.05) is 33.6 Å². The van der Waals surface area contributed by atoms with Crippen LogP contribution in [-0.2, 0) is 4.79 Å². The van der Waals surface area contributed by atoms with Crippen molar-refractivity contribution < 1.29 is 4.79 Å². The highest BCUT2D eigenvalue weighted by Crippen LogP contribution is 2.01. The van der Waals surface area contributed by atoms with E-state index in [1.165, 1.54) is 4.55 Å². The summed E-state index contributed by atoms with van der Waals surface area (Å²) >= 11 is -0.398. The molecule has 0 aliphatic heterocycles. The third-order valence-corrected chi connectivity index (χ3v) is 4.36. The van der Waals surface area contributed by atoms with Crippen LogP contribution in [0.1, 0.15) is 27.7 Å². The Balaban J connectivity index is 3.40. The van der Waals surface area contributed by atoms with Crippen LogP contribution in [0.15, 0.2) is 0 Å². The molecule has 0 unspecified atom stereocenters. The van der Waals surface area contributed by atoms with Crippen molar-refractivity contribution in [1.29, 1.82) is 0 Å². The predicted molar refractivity (Wildman–Crippen MR) is 45.2 cm³/mol. The number of hydrogen-bond acceptors (Lipinski definition) is 1. The van der Waals surface area contributed by atoms with E-state index < -0.39 is 20.4 Å². The average Bonchev–Trinajstić information content (AvgIpc) is 1.82. The standard InChI is InChI=1S/C4H7O.C4H9.Mg/c1-4(2)3-5;1-4(2)3;/h4H,1-2H3;4H,1H2,2-3H3;. The van der Waals surface area contributed by atoms with Gasteiger partial charge in [0.1, 0.15) is 0 Å². The lowest BCUT2D eigenvalue weighted by atomic mass is 10.2. The Bertz CT molecular complexity index is 108. The Morgan fingerprint density at radius 1 is 1.30 bits per heavy atom. The lowest BCUT2D eigenvalue weighted by Gasteiger charge is -2.04. The second-order valence-corrected chi connectivity index (χ2v) is 5.33. The fourth-order valence-corrected chi connectivity index (χ4v) is 2.16. The quantitative estimate of drug-likeness (QED) is 0.563. The molecule has 0 spiro atoms. The monoisotopic (exact) mass is 152 g/mol.